The van der Waals surface area contributed by atoms with Gasteiger partial charge in [-0.3, -0.25) is 0 Å². The van der Waals surface area contributed by atoms with Gasteiger partial charge < -0.3 is 14.0 Å². The van der Waals surface area contributed by atoms with E-state index in [-0.39, 0.29) is 0 Å². The van der Waals surface area contributed by atoms with Crippen molar-refractivity contribution in [3.63, 3.8) is 0 Å². The zero-order valence-electron chi connectivity index (χ0n) is 11.0. The number of methoxy groups -OCH3 is 1. The van der Waals surface area contributed by atoms with Crippen LogP contribution in [0.5, 0.6) is 11.5 Å². The predicted octanol–water partition coefficient (Wildman–Crippen LogP) is 2.80. The zero-order chi connectivity index (χ0) is 13.0. The van der Waals surface area contributed by atoms with Crippen LogP contribution in [0.1, 0.15) is 18.4 Å². The Balaban J connectivity index is 1.97. The number of ether oxygens (including phenoxy) is 2. The fourth-order valence-electron chi connectivity index (χ4n) is 1.79. The van der Waals surface area contributed by atoms with E-state index in [1.54, 1.807) is 7.11 Å². The van der Waals surface area contributed by atoms with Gasteiger partial charge >= 0.3 is 0 Å². The second kappa shape index (κ2) is 5.58. The summed E-state index contributed by atoms with van der Waals surface area (Å²) in [6.45, 7) is 5.52. The summed E-state index contributed by atoms with van der Waals surface area (Å²) in [7, 11) is 1.65. The Labute approximate surface area is 107 Å². The highest BCUT2D eigenvalue weighted by atomic mass is 16.5. The molecule has 2 aromatic rings. The first-order valence-electron chi connectivity index (χ1n) is 6.02. The lowest BCUT2D eigenvalue weighted by molar-refractivity contribution is 0.301. The summed E-state index contributed by atoms with van der Waals surface area (Å²) in [5.74, 6) is 2.67. The predicted molar refractivity (Wildman–Crippen MR) is 70.0 cm³/mol. The molecule has 0 atom stereocenters. The van der Waals surface area contributed by atoms with Gasteiger partial charge in [0, 0.05) is 12.7 Å². The second-order valence-corrected chi connectivity index (χ2v) is 4.03. The highest BCUT2D eigenvalue weighted by Crippen LogP contribution is 2.18. The number of hydrogen-bond acceptors (Lipinski definition) is 3. The number of nitrogens with zero attached hydrogens (tertiary/aromatic N) is 2. The lowest BCUT2D eigenvalue weighted by Gasteiger charge is -2.05. The quantitative estimate of drug-likeness (QED) is 0.814. The average Bonchev–Trinajstić information content (AvgIpc) is 2.77. The molecule has 0 unspecified atom stereocenters. The monoisotopic (exact) mass is 246 g/mol. The summed E-state index contributed by atoms with van der Waals surface area (Å²) in [5.41, 5.74) is 0.949. The SMILES string of the molecule is CCn1cc(COc2ccc(OC)cc2)nc1C. The average molecular weight is 246 g/mol. The maximum absolute atomic E-state index is 5.67. The molecular formula is C14H18N2O2. The summed E-state index contributed by atoms with van der Waals surface area (Å²) in [4.78, 5) is 4.44. The third-order valence-corrected chi connectivity index (χ3v) is 2.81. The number of benzene rings is 1. The molecule has 0 aliphatic carbocycles. The highest BCUT2D eigenvalue weighted by molar-refractivity contribution is 5.31. The van der Waals surface area contributed by atoms with Crippen molar-refractivity contribution >= 4 is 0 Å². The minimum atomic E-state index is 0.486. The van der Waals surface area contributed by atoms with Gasteiger partial charge in [0.2, 0.25) is 0 Å². The van der Waals surface area contributed by atoms with Crippen LogP contribution in [0.2, 0.25) is 0 Å². The van der Waals surface area contributed by atoms with Crippen LogP contribution in [0.4, 0.5) is 0 Å². The number of hydrogen-bond donors (Lipinski definition) is 0. The van der Waals surface area contributed by atoms with E-state index >= 15 is 0 Å². The van der Waals surface area contributed by atoms with Crippen LogP contribution < -0.4 is 9.47 Å². The van der Waals surface area contributed by atoms with Gasteiger partial charge in [-0.25, -0.2) is 4.98 Å². The van der Waals surface area contributed by atoms with Crippen LogP contribution in [-0.4, -0.2) is 16.7 Å². The first-order chi connectivity index (χ1) is 8.72. The summed E-state index contributed by atoms with van der Waals surface area (Å²) < 4.78 is 12.9. The Bertz CT molecular complexity index is 503. The highest BCUT2D eigenvalue weighted by Gasteiger charge is 2.03. The van der Waals surface area contributed by atoms with Gasteiger partial charge in [0.05, 0.1) is 12.8 Å². The van der Waals surface area contributed by atoms with E-state index in [9.17, 15) is 0 Å². The number of rotatable bonds is 5. The van der Waals surface area contributed by atoms with Crippen molar-refractivity contribution in [1.82, 2.24) is 9.55 Å². The maximum atomic E-state index is 5.67. The first-order valence-corrected chi connectivity index (χ1v) is 6.02. The first kappa shape index (κ1) is 12.5. The fourth-order valence-corrected chi connectivity index (χ4v) is 1.79. The van der Waals surface area contributed by atoms with E-state index in [4.69, 9.17) is 9.47 Å². The van der Waals surface area contributed by atoms with E-state index in [1.165, 1.54) is 0 Å². The molecule has 0 N–H and O–H groups in total. The summed E-state index contributed by atoms with van der Waals surface area (Å²) >= 11 is 0. The Morgan fingerprint density at radius 2 is 1.83 bits per heavy atom. The van der Waals surface area contributed by atoms with Crippen molar-refractivity contribution in [3.8, 4) is 11.5 Å². The summed E-state index contributed by atoms with van der Waals surface area (Å²) in [5, 5.41) is 0. The lowest BCUT2D eigenvalue weighted by atomic mass is 10.3. The van der Waals surface area contributed by atoms with Crippen molar-refractivity contribution in [2.24, 2.45) is 0 Å². The molecule has 0 amide bonds. The molecule has 1 aromatic heterocycles. The molecule has 0 aliphatic heterocycles. The standard InChI is InChI=1S/C14H18N2O2/c1-4-16-9-12(15-11(16)2)10-18-14-7-5-13(17-3)6-8-14/h5-9H,4,10H2,1-3H3. The van der Waals surface area contributed by atoms with E-state index in [2.05, 4.69) is 16.5 Å². The smallest absolute Gasteiger partial charge is 0.132 e. The van der Waals surface area contributed by atoms with Gasteiger partial charge in [0.15, 0.2) is 0 Å². The van der Waals surface area contributed by atoms with Crippen molar-refractivity contribution in [2.75, 3.05) is 7.11 Å². The van der Waals surface area contributed by atoms with Gasteiger partial charge in [0.25, 0.3) is 0 Å². The molecule has 0 saturated heterocycles. The van der Waals surface area contributed by atoms with Gasteiger partial charge in [0.1, 0.15) is 23.9 Å². The molecular weight excluding hydrogens is 228 g/mol. The fraction of sp³-hybridized carbons (Fsp3) is 0.357. The van der Waals surface area contributed by atoms with Crippen molar-refractivity contribution < 1.29 is 9.47 Å². The molecule has 0 aliphatic rings. The van der Waals surface area contributed by atoms with Crippen LogP contribution in [0.25, 0.3) is 0 Å². The number of imidazole rings is 1. The van der Waals surface area contributed by atoms with Gasteiger partial charge in [-0.1, -0.05) is 0 Å². The van der Waals surface area contributed by atoms with E-state index in [0.717, 1.165) is 29.6 Å². The van der Waals surface area contributed by atoms with Crippen molar-refractivity contribution in [3.05, 3.63) is 42.0 Å². The zero-order valence-corrected chi connectivity index (χ0v) is 11.0. The summed E-state index contributed by atoms with van der Waals surface area (Å²) in [6.07, 6.45) is 2.03. The third-order valence-electron chi connectivity index (χ3n) is 2.81. The molecule has 4 heteroatoms. The summed E-state index contributed by atoms with van der Waals surface area (Å²) in [6, 6.07) is 7.54. The Morgan fingerprint density at radius 1 is 1.17 bits per heavy atom. The normalized spacial score (nSPS) is 10.4. The number of aromatic nitrogens is 2. The molecule has 0 radical (unpaired) electrons. The lowest BCUT2D eigenvalue weighted by Crippen LogP contribution is -1.96. The van der Waals surface area contributed by atoms with Crippen LogP contribution in [-0.2, 0) is 13.2 Å². The van der Waals surface area contributed by atoms with Crippen LogP contribution in [0.15, 0.2) is 30.5 Å². The minimum Gasteiger partial charge on any atom is -0.497 e. The third kappa shape index (κ3) is 2.83. The van der Waals surface area contributed by atoms with Crippen molar-refractivity contribution in [1.29, 1.82) is 0 Å². The van der Waals surface area contributed by atoms with E-state index in [1.807, 2.05) is 37.4 Å². The van der Waals surface area contributed by atoms with Gasteiger partial charge in [-0.2, -0.15) is 0 Å². The Morgan fingerprint density at radius 3 is 2.39 bits per heavy atom. The van der Waals surface area contributed by atoms with E-state index in [0.29, 0.717) is 6.61 Å². The molecule has 4 nitrogen and oxygen atoms in total. The van der Waals surface area contributed by atoms with Gasteiger partial charge in [-0.15, -0.1) is 0 Å². The number of aryl methyl sites for hydroxylation is 2. The van der Waals surface area contributed by atoms with Crippen molar-refractivity contribution in [2.45, 2.75) is 27.0 Å². The molecule has 1 heterocycles. The molecule has 1 aromatic carbocycles. The molecule has 18 heavy (non-hydrogen) atoms. The Hall–Kier alpha value is -1.97. The van der Waals surface area contributed by atoms with Crippen LogP contribution in [0, 0.1) is 6.92 Å². The van der Waals surface area contributed by atoms with E-state index < -0.39 is 0 Å². The molecule has 96 valence electrons. The molecule has 2 rings (SSSR count). The maximum Gasteiger partial charge on any atom is 0.132 e. The minimum absolute atomic E-state index is 0.486. The largest absolute Gasteiger partial charge is 0.497 e. The molecule has 0 spiro atoms. The molecule has 0 saturated carbocycles. The Kier molecular flexibility index (Phi) is 3.87. The van der Waals surface area contributed by atoms with Gasteiger partial charge in [-0.05, 0) is 38.1 Å². The second-order valence-electron chi connectivity index (χ2n) is 4.03. The van der Waals surface area contributed by atoms with Crippen LogP contribution in [0.3, 0.4) is 0 Å². The molecule has 0 bridgehead atoms. The topological polar surface area (TPSA) is 36.3 Å². The van der Waals surface area contributed by atoms with Crippen LogP contribution >= 0.6 is 0 Å². The molecule has 0 fully saturated rings.